The first-order valence-corrected chi connectivity index (χ1v) is 14.1. The van der Waals surface area contributed by atoms with Gasteiger partial charge >= 0.3 is 0 Å². The molecule has 0 aliphatic heterocycles. The lowest BCUT2D eigenvalue weighted by Gasteiger charge is -2.18. The number of Topliss-reactive ketones (excluding diaryl/α,β-unsaturated/α-hetero) is 1. The Morgan fingerprint density at radius 3 is 1.60 bits per heavy atom. The topological polar surface area (TPSA) is 114 Å². The van der Waals surface area contributed by atoms with E-state index in [2.05, 4.69) is 39.2 Å². The summed E-state index contributed by atoms with van der Waals surface area (Å²) in [5, 5.41) is 17.2. The molecular formula is C33H50N6O3. The van der Waals surface area contributed by atoms with E-state index in [4.69, 9.17) is 15.2 Å². The van der Waals surface area contributed by atoms with Gasteiger partial charge in [-0.2, -0.15) is 10.2 Å². The van der Waals surface area contributed by atoms with Crippen molar-refractivity contribution in [2.24, 2.45) is 20.5 Å². The number of nitrogens with zero attached hydrogens (tertiary/aromatic N) is 5. The Morgan fingerprint density at radius 1 is 0.786 bits per heavy atom. The highest BCUT2D eigenvalue weighted by molar-refractivity contribution is 5.75. The molecule has 0 bridgehead atoms. The summed E-state index contributed by atoms with van der Waals surface area (Å²) in [6.45, 7) is 10.8. The molecular weight excluding hydrogens is 528 g/mol. The lowest BCUT2D eigenvalue weighted by Crippen LogP contribution is -2.18. The number of nitrogen functional groups attached to an aromatic ring is 1. The maximum absolute atomic E-state index is 11.1. The first-order valence-electron chi connectivity index (χ1n) is 14.1. The average molecular weight is 579 g/mol. The van der Waals surface area contributed by atoms with E-state index in [1.54, 1.807) is 57.5 Å². The van der Waals surface area contributed by atoms with Crippen molar-refractivity contribution in [3.63, 3.8) is 0 Å². The maximum Gasteiger partial charge on any atom is 0.148 e. The molecule has 0 saturated carbocycles. The van der Waals surface area contributed by atoms with E-state index in [-0.39, 0.29) is 13.2 Å². The molecule has 0 amide bonds. The summed E-state index contributed by atoms with van der Waals surface area (Å²) in [6.07, 6.45) is 4.05. The summed E-state index contributed by atoms with van der Waals surface area (Å²) in [5.74, 6) is 1.18. The zero-order valence-electron chi connectivity index (χ0n) is 25.8. The molecule has 3 aromatic rings. The number of methoxy groups -OCH3 is 2. The van der Waals surface area contributed by atoms with Gasteiger partial charge in [0.15, 0.2) is 0 Å². The molecule has 0 aliphatic rings. The van der Waals surface area contributed by atoms with Gasteiger partial charge in [-0.15, -0.1) is 10.2 Å². The number of ether oxygens (including phenoxy) is 2. The van der Waals surface area contributed by atoms with Crippen LogP contribution in [0, 0.1) is 0 Å². The van der Waals surface area contributed by atoms with Crippen LogP contribution in [0.1, 0.15) is 67.7 Å². The summed E-state index contributed by atoms with van der Waals surface area (Å²) in [7, 11) is 5.11. The molecule has 0 radical (unpaired) electrons. The molecule has 2 N–H and O–H groups in total. The lowest BCUT2D eigenvalue weighted by molar-refractivity contribution is -0.117. The number of carbonyl (C=O) groups is 1. The normalized spacial score (nSPS) is 10.2. The zero-order valence-corrected chi connectivity index (χ0v) is 25.8. The van der Waals surface area contributed by atoms with Crippen molar-refractivity contribution in [2.75, 3.05) is 38.4 Å². The standard InChI is InChI=1S/C26H30N6O3.C4H10.C2H6.CH4/c1-18(33)6-5-15-32(2)22-13-11-21(12-14-22)29-31-24-17-25(34-3)23(16-26(24)35-4)30-28-20-9-7-19(27)8-10-20;1-3-4-2;1-2;/h7-14,16-17H,5-6,15,27H2,1-4H3;3-4H2,1-2H3;1-2H3;1H4. The van der Waals surface area contributed by atoms with Crippen molar-refractivity contribution in [3.05, 3.63) is 60.7 Å². The SMILES string of the molecule is C.CC.CCCC.COc1cc(N=Nc2ccc(N(C)CCCC(C)=O)cc2)c(OC)cc1N=Nc1ccc(N)cc1. The van der Waals surface area contributed by atoms with Crippen LogP contribution < -0.4 is 20.1 Å². The largest absolute Gasteiger partial charge is 0.494 e. The Morgan fingerprint density at radius 2 is 1.21 bits per heavy atom. The third-order valence-corrected chi connectivity index (χ3v) is 5.73. The summed E-state index contributed by atoms with van der Waals surface area (Å²) in [5.41, 5.74) is 9.77. The third-order valence-electron chi connectivity index (χ3n) is 5.73. The summed E-state index contributed by atoms with van der Waals surface area (Å²) in [4.78, 5) is 13.2. The summed E-state index contributed by atoms with van der Waals surface area (Å²) < 4.78 is 11.0. The Kier molecular flexibility index (Phi) is 19.3. The van der Waals surface area contributed by atoms with Crippen molar-refractivity contribution >= 4 is 39.9 Å². The van der Waals surface area contributed by atoms with Crippen LogP contribution in [-0.4, -0.2) is 33.6 Å². The Balaban J connectivity index is 0.00000221. The minimum atomic E-state index is 0. The first kappa shape index (κ1) is 37.7. The van der Waals surface area contributed by atoms with Gasteiger partial charge in [0.25, 0.3) is 0 Å². The van der Waals surface area contributed by atoms with Crippen LogP contribution in [0.25, 0.3) is 0 Å². The van der Waals surface area contributed by atoms with Crippen molar-refractivity contribution in [1.82, 2.24) is 0 Å². The van der Waals surface area contributed by atoms with E-state index in [0.717, 1.165) is 18.7 Å². The number of carbonyl (C=O) groups excluding carboxylic acids is 1. The van der Waals surface area contributed by atoms with Gasteiger partial charge in [0.1, 0.15) is 28.7 Å². The predicted molar refractivity (Wildman–Crippen MR) is 177 cm³/mol. The van der Waals surface area contributed by atoms with Gasteiger partial charge < -0.3 is 24.9 Å². The van der Waals surface area contributed by atoms with Gasteiger partial charge in [-0.1, -0.05) is 48.0 Å². The van der Waals surface area contributed by atoms with E-state index in [1.165, 1.54) is 12.8 Å². The van der Waals surface area contributed by atoms with Crippen molar-refractivity contribution in [2.45, 2.75) is 67.7 Å². The fraction of sp³-hybridized carbons (Fsp3) is 0.424. The second-order valence-corrected chi connectivity index (χ2v) is 8.93. The van der Waals surface area contributed by atoms with Gasteiger partial charge in [0, 0.05) is 43.5 Å². The van der Waals surface area contributed by atoms with E-state index < -0.39 is 0 Å². The smallest absolute Gasteiger partial charge is 0.148 e. The molecule has 0 atom stereocenters. The molecule has 0 heterocycles. The highest BCUT2D eigenvalue weighted by Gasteiger charge is 2.11. The van der Waals surface area contributed by atoms with Crippen LogP contribution in [0.15, 0.2) is 81.1 Å². The predicted octanol–water partition coefficient (Wildman–Crippen LogP) is 10.4. The number of unbranched alkanes of at least 4 members (excludes halogenated alkanes) is 1. The molecule has 230 valence electrons. The second-order valence-electron chi connectivity index (χ2n) is 8.93. The number of azo groups is 2. The van der Waals surface area contributed by atoms with Crippen LogP contribution in [0.3, 0.4) is 0 Å². The quantitative estimate of drug-likeness (QED) is 0.170. The molecule has 9 nitrogen and oxygen atoms in total. The Labute approximate surface area is 252 Å². The molecule has 9 heteroatoms. The van der Waals surface area contributed by atoms with Crippen molar-refractivity contribution in [3.8, 4) is 11.5 Å². The number of rotatable bonds is 12. The van der Waals surface area contributed by atoms with Gasteiger partial charge in [0.05, 0.1) is 25.6 Å². The molecule has 42 heavy (non-hydrogen) atoms. The fourth-order valence-corrected chi connectivity index (χ4v) is 3.25. The minimum absolute atomic E-state index is 0. The van der Waals surface area contributed by atoms with Crippen molar-refractivity contribution in [1.29, 1.82) is 0 Å². The second kappa shape index (κ2) is 21.5. The Bertz CT molecular complexity index is 1220. The van der Waals surface area contributed by atoms with Gasteiger partial charge in [-0.25, -0.2) is 0 Å². The molecule has 0 unspecified atom stereocenters. The first-order chi connectivity index (χ1) is 19.8. The van der Waals surface area contributed by atoms with Gasteiger partial charge in [-0.05, 0) is 61.9 Å². The van der Waals surface area contributed by atoms with Gasteiger partial charge in [0.2, 0.25) is 0 Å². The Hall–Kier alpha value is -4.27. The van der Waals surface area contributed by atoms with Crippen molar-refractivity contribution < 1.29 is 14.3 Å². The molecule has 3 rings (SSSR count). The van der Waals surface area contributed by atoms with Gasteiger partial charge in [-0.3, -0.25) is 0 Å². The average Bonchev–Trinajstić information content (AvgIpc) is 3.00. The van der Waals surface area contributed by atoms with E-state index in [0.29, 0.717) is 46.4 Å². The van der Waals surface area contributed by atoms with E-state index in [1.807, 2.05) is 45.2 Å². The number of benzene rings is 3. The lowest BCUT2D eigenvalue weighted by atomic mass is 10.2. The van der Waals surface area contributed by atoms with E-state index >= 15 is 0 Å². The number of hydrogen-bond acceptors (Lipinski definition) is 9. The zero-order chi connectivity index (χ0) is 30.6. The minimum Gasteiger partial charge on any atom is -0.494 e. The number of ketones is 1. The van der Waals surface area contributed by atoms with Crippen LogP contribution in [0.4, 0.5) is 34.1 Å². The van der Waals surface area contributed by atoms with Crippen LogP contribution >= 0.6 is 0 Å². The third kappa shape index (κ3) is 13.4. The molecule has 0 spiro atoms. The monoisotopic (exact) mass is 578 g/mol. The maximum atomic E-state index is 11.1. The molecule has 0 fully saturated rings. The summed E-state index contributed by atoms with van der Waals surface area (Å²) in [6, 6.07) is 18.2. The number of anilines is 2. The van der Waals surface area contributed by atoms with Crippen LogP contribution in [0.2, 0.25) is 0 Å². The molecule has 0 aliphatic carbocycles. The molecule has 0 saturated heterocycles. The highest BCUT2D eigenvalue weighted by Crippen LogP contribution is 2.41. The summed E-state index contributed by atoms with van der Waals surface area (Å²) >= 11 is 0. The van der Waals surface area contributed by atoms with Crippen LogP contribution in [0.5, 0.6) is 11.5 Å². The molecule has 0 aromatic heterocycles. The fourth-order valence-electron chi connectivity index (χ4n) is 3.25. The number of hydrogen-bond donors (Lipinski definition) is 1. The van der Waals surface area contributed by atoms with Crippen LogP contribution in [-0.2, 0) is 4.79 Å². The highest BCUT2D eigenvalue weighted by atomic mass is 16.5. The number of nitrogens with two attached hydrogens (primary N) is 1. The molecule has 3 aromatic carbocycles. The van der Waals surface area contributed by atoms with E-state index in [9.17, 15) is 4.79 Å².